The van der Waals surface area contributed by atoms with Crippen LogP contribution in [0.3, 0.4) is 0 Å². The van der Waals surface area contributed by atoms with Crippen molar-refractivity contribution in [3.05, 3.63) is 23.7 Å². The minimum atomic E-state index is -1.49. The number of amides is 2. The molecule has 0 spiro atoms. The Labute approximate surface area is 117 Å². The first-order valence-electron chi connectivity index (χ1n) is 6.24. The van der Waals surface area contributed by atoms with Crippen LogP contribution in [0.4, 0.5) is 4.79 Å². The lowest BCUT2D eigenvalue weighted by molar-refractivity contribution is -0.141. The van der Waals surface area contributed by atoms with E-state index < -0.39 is 24.0 Å². The number of hydrogen-bond donors (Lipinski definition) is 4. The van der Waals surface area contributed by atoms with Crippen molar-refractivity contribution in [3.63, 3.8) is 0 Å². The fraction of sp³-hybridized carbons (Fsp3) is 0.538. The van der Waals surface area contributed by atoms with Crippen molar-refractivity contribution >= 4 is 12.0 Å². The second-order valence-electron chi connectivity index (χ2n) is 5.06. The smallest absolute Gasteiger partial charge is 0.315 e. The fourth-order valence-electron chi connectivity index (χ4n) is 1.66. The van der Waals surface area contributed by atoms with E-state index in [9.17, 15) is 14.7 Å². The summed E-state index contributed by atoms with van der Waals surface area (Å²) in [6.07, 6.45) is -0.444. The van der Waals surface area contributed by atoms with E-state index >= 15 is 0 Å². The number of furan rings is 1. The summed E-state index contributed by atoms with van der Waals surface area (Å²) >= 11 is 0. The molecule has 0 saturated heterocycles. The van der Waals surface area contributed by atoms with Crippen LogP contribution in [0.2, 0.25) is 0 Å². The van der Waals surface area contributed by atoms with Gasteiger partial charge in [0.25, 0.3) is 0 Å². The van der Waals surface area contributed by atoms with Crippen LogP contribution >= 0.6 is 0 Å². The molecule has 2 unspecified atom stereocenters. The fourth-order valence-corrected chi connectivity index (χ4v) is 1.66. The van der Waals surface area contributed by atoms with Crippen LogP contribution < -0.4 is 10.6 Å². The number of carbonyl (C=O) groups is 2. The molecule has 7 nitrogen and oxygen atoms in total. The first kappa shape index (κ1) is 16.0. The molecule has 0 aliphatic rings. The normalized spacial score (nSPS) is 15.2. The van der Waals surface area contributed by atoms with E-state index in [2.05, 4.69) is 10.6 Å². The van der Waals surface area contributed by atoms with Gasteiger partial charge in [-0.05, 0) is 32.9 Å². The zero-order valence-corrected chi connectivity index (χ0v) is 11.8. The molecule has 0 aliphatic heterocycles. The van der Waals surface area contributed by atoms with Crippen molar-refractivity contribution in [2.24, 2.45) is 0 Å². The third-order valence-corrected chi connectivity index (χ3v) is 2.70. The van der Waals surface area contributed by atoms with Crippen LogP contribution in [0.5, 0.6) is 0 Å². The third kappa shape index (κ3) is 5.31. The maximum atomic E-state index is 11.6. The summed E-state index contributed by atoms with van der Waals surface area (Å²) in [4.78, 5) is 22.2. The Morgan fingerprint density at radius 2 is 2.10 bits per heavy atom. The van der Waals surface area contributed by atoms with Crippen molar-refractivity contribution in [2.45, 2.75) is 38.8 Å². The van der Waals surface area contributed by atoms with Gasteiger partial charge in [-0.15, -0.1) is 0 Å². The minimum Gasteiger partial charge on any atom is -0.481 e. The second-order valence-corrected chi connectivity index (χ2v) is 5.06. The number of aliphatic hydroxyl groups is 1. The summed E-state index contributed by atoms with van der Waals surface area (Å²) in [5.41, 5.74) is -1.49. The highest BCUT2D eigenvalue weighted by atomic mass is 16.4. The van der Waals surface area contributed by atoms with E-state index in [0.717, 1.165) is 5.76 Å². The molecule has 1 heterocycles. The Bertz CT molecular complexity index is 481. The molecule has 1 aromatic rings. The number of urea groups is 1. The molecule has 2 atom stereocenters. The van der Waals surface area contributed by atoms with Gasteiger partial charge in [0.2, 0.25) is 0 Å². The molecule has 0 aromatic carbocycles. The van der Waals surface area contributed by atoms with E-state index in [1.807, 2.05) is 0 Å². The quantitative estimate of drug-likeness (QED) is 0.626. The number of carboxylic acids is 1. The van der Waals surface area contributed by atoms with Gasteiger partial charge in [-0.2, -0.15) is 0 Å². The molecule has 0 fully saturated rings. The number of carbonyl (C=O) groups excluding carboxylic acids is 1. The minimum absolute atomic E-state index is 0.158. The van der Waals surface area contributed by atoms with Gasteiger partial charge in [-0.3, -0.25) is 4.79 Å². The molecule has 0 bridgehead atoms. The lowest BCUT2D eigenvalue weighted by Crippen LogP contribution is -2.46. The molecule has 0 saturated carbocycles. The monoisotopic (exact) mass is 284 g/mol. The van der Waals surface area contributed by atoms with Crippen molar-refractivity contribution in [2.75, 3.05) is 6.54 Å². The van der Waals surface area contributed by atoms with Crippen LogP contribution in [-0.2, 0) is 4.79 Å². The summed E-state index contributed by atoms with van der Waals surface area (Å²) in [6, 6.07) is 2.73. The average molecular weight is 284 g/mol. The lowest BCUT2D eigenvalue weighted by atomic mass is 10.0. The van der Waals surface area contributed by atoms with Crippen molar-refractivity contribution in [1.29, 1.82) is 0 Å². The van der Waals surface area contributed by atoms with Gasteiger partial charge >= 0.3 is 12.0 Å². The topological polar surface area (TPSA) is 112 Å². The van der Waals surface area contributed by atoms with Crippen LogP contribution in [0.25, 0.3) is 0 Å². The highest BCUT2D eigenvalue weighted by Gasteiger charge is 2.25. The van der Waals surface area contributed by atoms with Crippen LogP contribution in [0.15, 0.2) is 16.5 Å². The molecule has 7 heteroatoms. The van der Waals surface area contributed by atoms with Gasteiger partial charge in [0.1, 0.15) is 11.5 Å². The second kappa shape index (κ2) is 6.42. The number of aliphatic carboxylic acids is 1. The van der Waals surface area contributed by atoms with Gasteiger partial charge in [0.15, 0.2) is 0 Å². The number of nitrogens with one attached hydrogen (secondary N) is 2. The van der Waals surface area contributed by atoms with Gasteiger partial charge in [-0.25, -0.2) is 4.79 Å². The van der Waals surface area contributed by atoms with Crippen molar-refractivity contribution < 1.29 is 24.2 Å². The molecular formula is C13H20N2O5. The predicted molar refractivity (Wildman–Crippen MR) is 71.3 cm³/mol. The molecular weight excluding hydrogens is 264 g/mol. The largest absolute Gasteiger partial charge is 0.481 e. The molecule has 2 amide bonds. The van der Waals surface area contributed by atoms with Gasteiger partial charge in [0.05, 0.1) is 18.1 Å². The van der Waals surface area contributed by atoms with Crippen LogP contribution in [-0.4, -0.2) is 34.4 Å². The number of rotatable bonds is 6. The lowest BCUT2D eigenvalue weighted by Gasteiger charge is -2.22. The maximum absolute atomic E-state index is 11.6. The van der Waals surface area contributed by atoms with Gasteiger partial charge < -0.3 is 25.3 Å². The van der Waals surface area contributed by atoms with Crippen LogP contribution in [0, 0.1) is 6.92 Å². The molecule has 20 heavy (non-hydrogen) atoms. The number of carboxylic acid groups (broad SMARTS) is 1. The Morgan fingerprint density at radius 1 is 1.45 bits per heavy atom. The molecule has 1 aromatic heterocycles. The molecule has 0 radical (unpaired) electrons. The van der Waals surface area contributed by atoms with E-state index in [1.54, 1.807) is 26.0 Å². The molecule has 1 rings (SSSR count). The maximum Gasteiger partial charge on any atom is 0.315 e. The summed E-state index contributed by atoms with van der Waals surface area (Å²) in [5, 5.41) is 23.4. The summed E-state index contributed by atoms with van der Waals surface area (Å²) < 4.78 is 5.37. The van der Waals surface area contributed by atoms with Crippen molar-refractivity contribution in [1.82, 2.24) is 10.6 Å². The Kier molecular flexibility index (Phi) is 5.15. The Morgan fingerprint density at radius 3 is 2.60 bits per heavy atom. The standard InChI is InChI=1S/C13H20N2O5/c1-8-4-5-10(20-8)9(2)15-12(18)14-7-13(3,19)6-11(16)17/h4-5,9,19H,6-7H2,1-3H3,(H,16,17)(H2,14,15,18). The van der Waals surface area contributed by atoms with E-state index in [0.29, 0.717) is 5.76 Å². The van der Waals surface area contributed by atoms with Gasteiger partial charge in [-0.1, -0.05) is 0 Å². The summed E-state index contributed by atoms with van der Waals surface area (Å²) in [5.74, 6) is 0.241. The predicted octanol–water partition coefficient (Wildman–Crippen LogP) is 1.17. The van der Waals surface area contributed by atoms with Crippen LogP contribution in [0.1, 0.15) is 37.8 Å². The number of aryl methyl sites for hydroxylation is 1. The highest BCUT2D eigenvalue weighted by molar-refractivity contribution is 5.74. The SMILES string of the molecule is Cc1ccc(C(C)NC(=O)NCC(C)(O)CC(=O)O)o1. The van der Waals surface area contributed by atoms with Gasteiger partial charge in [0, 0.05) is 6.54 Å². The summed E-state index contributed by atoms with van der Waals surface area (Å²) in [7, 11) is 0. The zero-order chi connectivity index (χ0) is 15.3. The highest BCUT2D eigenvalue weighted by Crippen LogP contribution is 2.15. The summed E-state index contributed by atoms with van der Waals surface area (Å²) in [6.45, 7) is 4.75. The average Bonchev–Trinajstić information content (AvgIpc) is 2.72. The van der Waals surface area contributed by atoms with E-state index in [4.69, 9.17) is 9.52 Å². The Balaban J connectivity index is 2.42. The number of hydrogen-bond acceptors (Lipinski definition) is 4. The first-order valence-corrected chi connectivity index (χ1v) is 6.24. The first-order chi connectivity index (χ1) is 9.19. The third-order valence-electron chi connectivity index (χ3n) is 2.70. The van der Waals surface area contributed by atoms with E-state index in [-0.39, 0.29) is 12.6 Å². The van der Waals surface area contributed by atoms with E-state index in [1.165, 1.54) is 6.92 Å². The molecule has 4 N–H and O–H groups in total. The zero-order valence-electron chi connectivity index (χ0n) is 11.8. The Hall–Kier alpha value is -2.02. The van der Waals surface area contributed by atoms with Crippen molar-refractivity contribution in [3.8, 4) is 0 Å². The molecule has 112 valence electrons. The molecule has 0 aliphatic carbocycles.